The average Bonchev–Trinajstić information content (AvgIpc) is 3.19. The molecular weight excluding hydrogens is 282 g/mol. The molecule has 2 aliphatic heterocycles. The first kappa shape index (κ1) is 15.1. The fourth-order valence-electron chi connectivity index (χ4n) is 3.43. The van der Waals surface area contributed by atoms with Crippen molar-refractivity contribution in [2.45, 2.75) is 32.2 Å². The molecule has 1 spiro atoms. The normalized spacial score (nSPS) is 21.8. The Bertz CT molecular complexity index is 525. The highest BCUT2D eigenvalue weighted by Gasteiger charge is 2.38. The molecule has 2 N–H and O–H groups in total. The van der Waals surface area contributed by atoms with Gasteiger partial charge in [0.15, 0.2) is 0 Å². The van der Waals surface area contributed by atoms with Crippen molar-refractivity contribution in [1.82, 2.24) is 15.5 Å². The number of piperidine rings is 1. The van der Waals surface area contributed by atoms with Crippen LogP contribution in [0.4, 0.5) is 0 Å². The first-order valence-corrected chi connectivity index (χ1v) is 7.92. The van der Waals surface area contributed by atoms with E-state index in [1.165, 1.54) is 18.9 Å². The molecule has 0 aromatic carbocycles. The maximum absolute atomic E-state index is 12.5. The molecule has 0 aliphatic carbocycles. The predicted molar refractivity (Wildman–Crippen MR) is 81.4 cm³/mol. The number of amides is 2. The summed E-state index contributed by atoms with van der Waals surface area (Å²) in [4.78, 5) is 26.3. The molecule has 22 heavy (non-hydrogen) atoms. The van der Waals surface area contributed by atoms with E-state index in [1.807, 2.05) is 4.90 Å². The van der Waals surface area contributed by atoms with Crippen LogP contribution in [-0.4, -0.2) is 48.9 Å². The van der Waals surface area contributed by atoms with Crippen LogP contribution in [0.1, 0.15) is 36.5 Å². The topological polar surface area (TPSA) is 74.6 Å². The van der Waals surface area contributed by atoms with Gasteiger partial charge in [0.25, 0.3) is 5.91 Å². The van der Waals surface area contributed by atoms with Gasteiger partial charge in [0, 0.05) is 19.6 Å². The van der Waals surface area contributed by atoms with Crippen LogP contribution in [0.3, 0.4) is 0 Å². The number of carbonyl (C=O) groups is 2. The Balaban J connectivity index is 1.52. The lowest BCUT2D eigenvalue weighted by molar-refractivity contribution is -0.135. The third-order valence-corrected chi connectivity index (χ3v) is 4.97. The van der Waals surface area contributed by atoms with Crippen LogP contribution >= 0.6 is 0 Å². The molecule has 6 nitrogen and oxygen atoms in total. The van der Waals surface area contributed by atoms with Gasteiger partial charge in [0.2, 0.25) is 5.91 Å². The SMILES string of the molecule is CC(NC(=O)c1ccoc1)C(=O)N1CCC2(CCNC2)CC1. The number of rotatable bonds is 3. The zero-order chi connectivity index (χ0) is 15.6. The Morgan fingerprint density at radius 1 is 1.36 bits per heavy atom. The van der Waals surface area contributed by atoms with E-state index in [4.69, 9.17) is 4.42 Å². The van der Waals surface area contributed by atoms with Crippen molar-refractivity contribution in [2.24, 2.45) is 5.41 Å². The Hall–Kier alpha value is -1.82. The lowest BCUT2D eigenvalue weighted by atomic mass is 9.78. The van der Waals surface area contributed by atoms with E-state index in [-0.39, 0.29) is 11.8 Å². The van der Waals surface area contributed by atoms with Crippen LogP contribution in [0.25, 0.3) is 0 Å². The number of likely N-dealkylation sites (tertiary alicyclic amines) is 1. The van der Waals surface area contributed by atoms with Crippen LogP contribution in [0.2, 0.25) is 0 Å². The summed E-state index contributed by atoms with van der Waals surface area (Å²) in [6.45, 7) is 5.47. The Morgan fingerprint density at radius 3 is 2.73 bits per heavy atom. The summed E-state index contributed by atoms with van der Waals surface area (Å²) in [6, 6.07) is 1.07. The van der Waals surface area contributed by atoms with Crippen molar-refractivity contribution in [3.63, 3.8) is 0 Å². The van der Waals surface area contributed by atoms with Crippen LogP contribution in [0.15, 0.2) is 23.0 Å². The van der Waals surface area contributed by atoms with E-state index in [0.29, 0.717) is 11.0 Å². The van der Waals surface area contributed by atoms with E-state index in [1.54, 1.807) is 13.0 Å². The first-order valence-electron chi connectivity index (χ1n) is 7.92. The van der Waals surface area contributed by atoms with Crippen molar-refractivity contribution in [3.8, 4) is 0 Å². The second-order valence-electron chi connectivity index (χ2n) is 6.46. The molecule has 2 amide bonds. The first-order chi connectivity index (χ1) is 10.6. The lowest BCUT2D eigenvalue weighted by Gasteiger charge is -2.39. The molecule has 6 heteroatoms. The zero-order valence-electron chi connectivity index (χ0n) is 12.9. The summed E-state index contributed by atoms with van der Waals surface area (Å²) in [6.07, 6.45) is 6.13. The number of hydrogen-bond acceptors (Lipinski definition) is 4. The van der Waals surface area contributed by atoms with Gasteiger partial charge in [0.05, 0.1) is 11.8 Å². The van der Waals surface area contributed by atoms with Crippen molar-refractivity contribution in [2.75, 3.05) is 26.2 Å². The van der Waals surface area contributed by atoms with Gasteiger partial charge in [-0.1, -0.05) is 0 Å². The molecule has 1 atom stereocenters. The largest absolute Gasteiger partial charge is 0.472 e. The zero-order valence-corrected chi connectivity index (χ0v) is 12.9. The second-order valence-corrected chi connectivity index (χ2v) is 6.46. The van der Waals surface area contributed by atoms with Crippen molar-refractivity contribution in [3.05, 3.63) is 24.2 Å². The summed E-state index contributed by atoms with van der Waals surface area (Å²) >= 11 is 0. The van der Waals surface area contributed by atoms with E-state index in [9.17, 15) is 9.59 Å². The smallest absolute Gasteiger partial charge is 0.255 e. The molecule has 2 fully saturated rings. The minimum Gasteiger partial charge on any atom is -0.472 e. The fourth-order valence-corrected chi connectivity index (χ4v) is 3.43. The maximum atomic E-state index is 12.5. The van der Waals surface area contributed by atoms with E-state index >= 15 is 0 Å². The Kier molecular flexibility index (Phi) is 4.20. The third kappa shape index (κ3) is 3.02. The van der Waals surface area contributed by atoms with Gasteiger partial charge in [-0.05, 0) is 44.2 Å². The van der Waals surface area contributed by atoms with Crippen LogP contribution in [0.5, 0.6) is 0 Å². The second kappa shape index (κ2) is 6.12. The van der Waals surface area contributed by atoms with Crippen LogP contribution < -0.4 is 10.6 Å². The highest BCUT2D eigenvalue weighted by Crippen LogP contribution is 2.36. The minimum absolute atomic E-state index is 0.00217. The molecule has 2 saturated heterocycles. The molecule has 0 bridgehead atoms. The van der Waals surface area contributed by atoms with Gasteiger partial charge in [0.1, 0.15) is 12.3 Å². The van der Waals surface area contributed by atoms with Crippen molar-refractivity contribution >= 4 is 11.8 Å². The molecule has 3 rings (SSSR count). The van der Waals surface area contributed by atoms with E-state index < -0.39 is 6.04 Å². The average molecular weight is 305 g/mol. The quantitative estimate of drug-likeness (QED) is 0.873. The summed E-state index contributed by atoms with van der Waals surface area (Å²) in [5.41, 5.74) is 0.828. The van der Waals surface area contributed by atoms with Gasteiger partial charge in [-0.3, -0.25) is 9.59 Å². The highest BCUT2D eigenvalue weighted by atomic mass is 16.3. The number of nitrogens with one attached hydrogen (secondary N) is 2. The summed E-state index contributed by atoms with van der Waals surface area (Å²) < 4.78 is 4.89. The van der Waals surface area contributed by atoms with Crippen LogP contribution in [-0.2, 0) is 4.79 Å². The summed E-state index contributed by atoms with van der Waals surface area (Å²) in [5.74, 6) is -0.277. The summed E-state index contributed by atoms with van der Waals surface area (Å²) in [5, 5.41) is 6.16. The van der Waals surface area contributed by atoms with Crippen LogP contribution in [0, 0.1) is 5.41 Å². The number of hydrogen-bond donors (Lipinski definition) is 2. The van der Waals surface area contributed by atoms with Crippen molar-refractivity contribution < 1.29 is 14.0 Å². The van der Waals surface area contributed by atoms with Crippen molar-refractivity contribution in [1.29, 1.82) is 0 Å². The molecule has 1 aromatic rings. The molecule has 1 aromatic heterocycles. The molecule has 120 valence electrons. The number of furan rings is 1. The Morgan fingerprint density at radius 2 is 2.14 bits per heavy atom. The van der Waals surface area contributed by atoms with Gasteiger partial charge < -0.3 is 20.0 Å². The van der Waals surface area contributed by atoms with Gasteiger partial charge in [-0.2, -0.15) is 0 Å². The molecule has 3 heterocycles. The molecule has 1 unspecified atom stereocenters. The van der Waals surface area contributed by atoms with Gasteiger partial charge in [-0.25, -0.2) is 0 Å². The molecule has 0 saturated carbocycles. The van der Waals surface area contributed by atoms with Gasteiger partial charge >= 0.3 is 0 Å². The third-order valence-electron chi connectivity index (χ3n) is 4.97. The number of carbonyl (C=O) groups excluding carboxylic acids is 2. The maximum Gasteiger partial charge on any atom is 0.255 e. The predicted octanol–water partition coefficient (Wildman–Crippen LogP) is 1.000. The fraction of sp³-hybridized carbons (Fsp3) is 0.625. The Labute approximate surface area is 130 Å². The molecular formula is C16H23N3O3. The molecule has 0 radical (unpaired) electrons. The number of nitrogens with zero attached hydrogens (tertiary/aromatic N) is 1. The van der Waals surface area contributed by atoms with E-state index in [0.717, 1.165) is 39.0 Å². The standard InChI is InChI=1S/C16H23N3O3/c1-12(18-14(20)13-2-9-22-10-13)15(21)19-7-4-16(5-8-19)3-6-17-11-16/h2,9-10,12,17H,3-8,11H2,1H3,(H,18,20). The molecule has 2 aliphatic rings. The highest BCUT2D eigenvalue weighted by molar-refractivity contribution is 5.97. The van der Waals surface area contributed by atoms with E-state index in [2.05, 4.69) is 10.6 Å². The summed E-state index contributed by atoms with van der Waals surface area (Å²) in [7, 11) is 0. The van der Waals surface area contributed by atoms with Gasteiger partial charge in [-0.15, -0.1) is 0 Å². The lowest BCUT2D eigenvalue weighted by Crippen LogP contribution is -2.51. The minimum atomic E-state index is -0.516. The monoisotopic (exact) mass is 305 g/mol.